The summed E-state index contributed by atoms with van der Waals surface area (Å²) < 4.78 is 12.1. The van der Waals surface area contributed by atoms with Crippen LogP contribution in [0.1, 0.15) is 113 Å². The predicted molar refractivity (Wildman–Crippen MR) is 163 cm³/mol. The molecular formula is C35H60O9. The molecule has 0 aromatic heterocycles. The second-order valence-corrected chi connectivity index (χ2v) is 18.1. The summed E-state index contributed by atoms with van der Waals surface area (Å²) >= 11 is 0. The van der Waals surface area contributed by atoms with Crippen LogP contribution in [0.5, 0.6) is 0 Å². The van der Waals surface area contributed by atoms with Crippen molar-refractivity contribution < 1.29 is 45.2 Å². The molecule has 0 bridgehead atoms. The summed E-state index contributed by atoms with van der Waals surface area (Å²) in [5.74, 6) is 0.591. The van der Waals surface area contributed by atoms with Crippen LogP contribution in [0.15, 0.2) is 0 Å². The molecular weight excluding hydrogens is 564 g/mol. The molecule has 254 valence electrons. The van der Waals surface area contributed by atoms with E-state index in [4.69, 9.17) is 9.47 Å². The minimum atomic E-state index is -1.29. The van der Waals surface area contributed by atoms with E-state index in [-0.39, 0.29) is 52.1 Å². The minimum Gasteiger partial charge on any atom is -0.393 e. The van der Waals surface area contributed by atoms with Gasteiger partial charge < -0.3 is 45.2 Å². The Bertz CT molecular complexity index is 1100. The van der Waals surface area contributed by atoms with E-state index in [2.05, 4.69) is 27.7 Å². The van der Waals surface area contributed by atoms with Gasteiger partial charge in [0.05, 0.1) is 36.1 Å². The predicted octanol–water partition coefficient (Wildman–Crippen LogP) is 2.88. The Morgan fingerprint density at radius 1 is 0.818 bits per heavy atom. The van der Waals surface area contributed by atoms with Gasteiger partial charge in [0, 0.05) is 5.92 Å². The summed E-state index contributed by atoms with van der Waals surface area (Å²) in [6.07, 6.45) is 2.15. The Hall–Kier alpha value is -0.360. The molecule has 0 unspecified atom stereocenters. The van der Waals surface area contributed by atoms with Crippen LogP contribution in [0, 0.1) is 44.8 Å². The SMILES string of the molecule is CC(C)(O)[C@H](O)CC[C@](C)(O)[C@H]1[C@@H](O)C[C@@]2(C)[C@@H]3CC[C@H]4C(C)(C)[C@@H](O[C@@H]5OC[C@@H](O)[C@H](O)[C@H]5O)CC[C@@]45C[C@@]35CC[C@]12C. The van der Waals surface area contributed by atoms with Crippen molar-refractivity contribution in [2.24, 2.45) is 44.8 Å². The highest BCUT2D eigenvalue weighted by atomic mass is 16.7. The molecule has 0 aromatic carbocycles. The molecule has 9 heteroatoms. The lowest BCUT2D eigenvalue weighted by Crippen LogP contribution is -2.60. The molecule has 0 radical (unpaired) electrons. The van der Waals surface area contributed by atoms with Crippen LogP contribution in [-0.2, 0) is 9.47 Å². The normalized spacial score (nSPS) is 53.5. The summed E-state index contributed by atoms with van der Waals surface area (Å²) in [4.78, 5) is 0. The number of aliphatic hydroxyl groups is 7. The summed E-state index contributed by atoms with van der Waals surface area (Å²) in [5.41, 5.74) is -2.54. The first-order chi connectivity index (χ1) is 20.2. The first-order valence-corrected chi connectivity index (χ1v) is 17.3. The monoisotopic (exact) mass is 624 g/mol. The Morgan fingerprint density at radius 2 is 1.45 bits per heavy atom. The molecule has 44 heavy (non-hydrogen) atoms. The lowest BCUT2D eigenvalue weighted by molar-refractivity contribution is -0.302. The third kappa shape index (κ3) is 4.50. The summed E-state index contributed by atoms with van der Waals surface area (Å²) in [5, 5.41) is 75.1. The zero-order chi connectivity index (χ0) is 32.5. The molecule has 6 rings (SSSR count). The van der Waals surface area contributed by atoms with E-state index in [0.717, 1.165) is 38.5 Å². The van der Waals surface area contributed by atoms with Gasteiger partial charge in [-0.3, -0.25) is 0 Å². The molecule has 5 saturated carbocycles. The first kappa shape index (κ1) is 33.5. The molecule has 1 saturated heterocycles. The zero-order valence-corrected chi connectivity index (χ0v) is 28.0. The summed E-state index contributed by atoms with van der Waals surface area (Å²) in [6.45, 7) is 14.2. The van der Waals surface area contributed by atoms with Gasteiger partial charge in [0.25, 0.3) is 0 Å². The largest absolute Gasteiger partial charge is 0.393 e. The molecule has 15 atom stereocenters. The Balaban J connectivity index is 1.21. The molecule has 1 heterocycles. The topological polar surface area (TPSA) is 160 Å². The van der Waals surface area contributed by atoms with Gasteiger partial charge in [-0.1, -0.05) is 27.7 Å². The molecule has 0 amide bonds. The van der Waals surface area contributed by atoms with Gasteiger partial charge >= 0.3 is 0 Å². The van der Waals surface area contributed by atoms with Crippen LogP contribution in [0.3, 0.4) is 0 Å². The van der Waals surface area contributed by atoms with Crippen LogP contribution in [0.4, 0.5) is 0 Å². The number of hydrogen-bond donors (Lipinski definition) is 7. The average molecular weight is 625 g/mol. The van der Waals surface area contributed by atoms with Crippen LogP contribution in [0.2, 0.25) is 0 Å². The molecule has 1 aliphatic heterocycles. The van der Waals surface area contributed by atoms with Crippen LogP contribution >= 0.6 is 0 Å². The Morgan fingerprint density at radius 3 is 2.11 bits per heavy atom. The number of rotatable bonds is 7. The van der Waals surface area contributed by atoms with Crippen molar-refractivity contribution in [1.82, 2.24) is 0 Å². The van der Waals surface area contributed by atoms with Crippen LogP contribution in [-0.4, -0.2) is 96.5 Å². The number of aliphatic hydroxyl groups excluding tert-OH is 5. The van der Waals surface area contributed by atoms with E-state index in [1.165, 1.54) is 6.42 Å². The molecule has 0 aromatic rings. The Labute approximate surface area is 263 Å². The maximum Gasteiger partial charge on any atom is 0.186 e. The second-order valence-electron chi connectivity index (χ2n) is 18.1. The highest BCUT2D eigenvalue weighted by Crippen LogP contribution is 2.89. The third-order valence-electron chi connectivity index (χ3n) is 15.2. The molecule has 7 N–H and O–H groups in total. The van der Waals surface area contributed by atoms with Gasteiger partial charge in [0.15, 0.2) is 6.29 Å². The van der Waals surface area contributed by atoms with Crippen molar-refractivity contribution >= 4 is 0 Å². The lowest BCUT2D eigenvalue weighted by Gasteiger charge is -2.64. The maximum absolute atomic E-state index is 11.9. The van der Waals surface area contributed by atoms with Crippen LogP contribution < -0.4 is 0 Å². The van der Waals surface area contributed by atoms with E-state index in [9.17, 15) is 35.7 Å². The van der Waals surface area contributed by atoms with Crippen molar-refractivity contribution in [3.63, 3.8) is 0 Å². The molecule has 5 aliphatic carbocycles. The highest BCUT2D eigenvalue weighted by Gasteiger charge is 2.83. The molecule has 2 spiro atoms. The molecule has 6 aliphatic rings. The van der Waals surface area contributed by atoms with Crippen molar-refractivity contribution in [1.29, 1.82) is 0 Å². The second kappa shape index (κ2) is 10.3. The average Bonchev–Trinajstić information content (AvgIpc) is 3.52. The zero-order valence-electron chi connectivity index (χ0n) is 28.0. The van der Waals surface area contributed by atoms with E-state index < -0.39 is 48.0 Å². The highest BCUT2D eigenvalue weighted by molar-refractivity contribution is 5.31. The fraction of sp³-hybridized carbons (Fsp3) is 1.00. The summed E-state index contributed by atoms with van der Waals surface area (Å²) in [7, 11) is 0. The Kier molecular flexibility index (Phi) is 7.87. The van der Waals surface area contributed by atoms with Gasteiger partial charge in [-0.25, -0.2) is 0 Å². The summed E-state index contributed by atoms with van der Waals surface area (Å²) in [6, 6.07) is 0. The van der Waals surface area contributed by atoms with Gasteiger partial charge in [-0.05, 0) is 124 Å². The van der Waals surface area contributed by atoms with Gasteiger partial charge in [0.2, 0.25) is 0 Å². The molecule has 9 nitrogen and oxygen atoms in total. The third-order valence-corrected chi connectivity index (χ3v) is 15.2. The number of hydrogen-bond acceptors (Lipinski definition) is 9. The first-order valence-electron chi connectivity index (χ1n) is 17.3. The fourth-order valence-corrected chi connectivity index (χ4v) is 12.7. The fourth-order valence-electron chi connectivity index (χ4n) is 12.7. The van der Waals surface area contributed by atoms with Gasteiger partial charge in [-0.2, -0.15) is 0 Å². The maximum atomic E-state index is 11.9. The lowest BCUT2D eigenvalue weighted by atomic mass is 9.41. The number of ether oxygens (including phenoxy) is 2. The van der Waals surface area contributed by atoms with E-state index in [1.807, 2.05) is 6.92 Å². The minimum absolute atomic E-state index is 0.0642. The quantitative estimate of drug-likeness (QED) is 0.211. The molecule has 6 fully saturated rings. The van der Waals surface area contributed by atoms with Crippen molar-refractivity contribution in [2.75, 3.05) is 6.61 Å². The number of fused-ring (bicyclic) bond motifs is 2. The smallest absolute Gasteiger partial charge is 0.186 e. The van der Waals surface area contributed by atoms with Crippen LogP contribution in [0.25, 0.3) is 0 Å². The van der Waals surface area contributed by atoms with Crippen molar-refractivity contribution in [3.05, 3.63) is 0 Å². The van der Waals surface area contributed by atoms with Crippen molar-refractivity contribution in [3.8, 4) is 0 Å². The standard InChI is InChI=1S/C35H60O9/c1-29(2)21-8-9-22-32(6)16-19(36)27(33(7,42)12-10-23(38)30(3,4)41)31(32,5)14-15-35(22)18-34(21,35)13-11-24(29)44-28-26(40)25(39)20(37)17-43-28/h19-28,36-42H,8-18H2,1-7H3/t19-,20+,21-,22-,23+,24-,25-,26+,27-,28-,31+,32-,33-,34+,35-/m0/s1. The van der Waals surface area contributed by atoms with Crippen molar-refractivity contribution in [2.45, 2.75) is 167 Å². The van der Waals surface area contributed by atoms with E-state index in [1.54, 1.807) is 13.8 Å². The van der Waals surface area contributed by atoms with E-state index >= 15 is 0 Å². The van der Waals surface area contributed by atoms with E-state index in [0.29, 0.717) is 24.7 Å². The van der Waals surface area contributed by atoms with Gasteiger partial charge in [0.1, 0.15) is 18.3 Å². The van der Waals surface area contributed by atoms with Gasteiger partial charge in [-0.15, -0.1) is 0 Å².